The normalized spacial score (nSPS) is 13.4. The van der Waals surface area contributed by atoms with Gasteiger partial charge in [-0.25, -0.2) is 4.79 Å². The fraction of sp³-hybridized carbons (Fsp3) is 0.800. The molecule has 3 nitrogen and oxygen atoms in total. The van der Waals surface area contributed by atoms with Crippen LogP contribution in [-0.2, 0) is 4.79 Å². The summed E-state index contributed by atoms with van der Waals surface area (Å²) in [6.07, 6.45) is 0.748. The van der Waals surface area contributed by atoms with Crippen molar-refractivity contribution in [3.63, 3.8) is 0 Å². The van der Waals surface area contributed by atoms with Crippen LogP contribution in [0.2, 0.25) is 0 Å². The molecule has 2 N–H and O–H groups in total. The molecule has 1 unspecified atom stereocenters. The summed E-state index contributed by atoms with van der Waals surface area (Å²) in [5.74, 6) is -0.389. The van der Waals surface area contributed by atoms with Crippen molar-refractivity contribution in [2.75, 3.05) is 0 Å². The van der Waals surface area contributed by atoms with Crippen molar-refractivity contribution >= 4 is 5.91 Å². The number of carbonyl (C=O) groups is 1. The van der Waals surface area contributed by atoms with Gasteiger partial charge < -0.3 is 10.7 Å². The molecule has 1 amide bonds. The number of amides is 1. The molecule has 0 fully saturated rings. The molecule has 8 heavy (non-hydrogen) atoms. The van der Waals surface area contributed by atoms with Gasteiger partial charge in [-0.15, -0.1) is 0 Å². The van der Waals surface area contributed by atoms with Crippen LogP contribution in [0.5, 0.6) is 0 Å². The molecular formula is C5H11NO2. The number of hydrogen-bond acceptors (Lipinski definition) is 2. The summed E-state index contributed by atoms with van der Waals surface area (Å²) in [5.41, 5.74) is 0.383. The third-order valence-electron chi connectivity index (χ3n) is 1.21. The van der Waals surface area contributed by atoms with Crippen LogP contribution in [-0.4, -0.2) is 5.91 Å². The molecule has 0 spiro atoms. The van der Waals surface area contributed by atoms with Crippen molar-refractivity contribution in [2.24, 2.45) is 5.92 Å². The van der Waals surface area contributed by atoms with Gasteiger partial charge in [0.15, 0.2) is 0 Å². The van der Waals surface area contributed by atoms with Crippen LogP contribution >= 0.6 is 0 Å². The van der Waals surface area contributed by atoms with Gasteiger partial charge in [0.25, 0.3) is 0 Å². The molecular weight excluding hydrogens is 106 g/mol. The Morgan fingerprint density at radius 3 is 2.50 bits per heavy atom. The molecule has 0 bridgehead atoms. The first-order valence-corrected chi connectivity index (χ1v) is 2.71. The molecule has 1 atom stereocenters. The lowest BCUT2D eigenvalue weighted by molar-refractivity contribution is -0.503. The number of carbonyl (C=O) groups excluding carboxylic acids is 1. The lowest BCUT2D eigenvalue weighted by Crippen LogP contribution is -2.83. The second-order valence-electron chi connectivity index (χ2n) is 1.83. The molecule has 0 radical (unpaired) electrons. The quantitative estimate of drug-likeness (QED) is 0.501. The molecule has 0 aromatic rings. The van der Waals surface area contributed by atoms with Gasteiger partial charge in [-0.1, -0.05) is 6.92 Å². The third-order valence-corrected chi connectivity index (χ3v) is 1.21. The molecule has 0 saturated carbocycles. The van der Waals surface area contributed by atoms with Crippen LogP contribution in [0.1, 0.15) is 20.3 Å². The Bertz CT molecular complexity index is 82.5. The summed E-state index contributed by atoms with van der Waals surface area (Å²) in [5, 5.41) is 9.76. The SMILES string of the molecule is CCC(C)C(=O)[NH2+][O-]. The summed E-state index contributed by atoms with van der Waals surface area (Å²) in [6, 6.07) is 0. The van der Waals surface area contributed by atoms with E-state index in [9.17, 15) is 10.0 Å². The number of rotatable bonds is 2. The first-order valence-electron chi connectivity index (χ1n) is 2.71. The van der Waals surface area contributed by atoms with Gasteiger partial charge in [-0.2, -0.15) is 0 Å². The highest BCUT2D eigenvalue weighted by atomic mass is 16.5. The zero-order valence-electron chi connectivity index (χ0n) is 5.18. The second kappa shape index (κ2) is 3.57. The van der Waals surface area contributed by atoms with E-state index in [4.69, 9.17) is 0 Å². The van der Waals surface area contributed by atoms with Gasteiger partial charge in [-0.05, 0) is 13.3 Å². The Labute approximate surface area is 48.7 Å². The third kappa shape index (κ3) is 2.04. The zero-order chi connectivity index (χ0) is 6.57. The van der Waals surface area contributed by atoms with Gasteiger partial charge in [0.1, 0.15) is 0 Å². The minimum absolute atomic E-state index is 0.0903. The van der Waals surface area contributed by atoms with Gasteiger partial charge in [-0.3, -0.25) is 0 Å². The Kier molecular flexibility index (Phi) is 3.39. The van der Waals surface area contributed by atoms with E-state index in [-0.39, 0.29) is 11.8 Å². The van der Waals surface area contributed by atoms with E-state index in [1.165, 1.54) is 0 Å². The maximum Gasteiger partial charge on any atom is 0.313 e. The van der Waals surface area contributed by atoms with Gasteiger partial charge in [0.2, 0.25) is 0 Å². The summed E-state index contributed by atoms with van der Waals surface area (Å²) in [4.78, 5) is 10.4. The number of hydroxylamine groups is 1. The monoisotopic (exact) mass is 117 g/mol. The fourth-order valence-electron chi connectivity index (χ4n) is 0.317. The summed E-state index contributed by atoms with van der Waals surface area (Å²) < 4.78 is 0. The molecule has 0 saturated heterocycles. The first kappa shape index (κ1) is 7.59. The molecule has 3 heteroatoms. The molecule has 0 aliphatic rings. The van der Waals surface area contributed by atoms with E-state index >= 15 is 0 Å². The maximum absolute atomic E-state index is 10.4. The van der Waals surface area contributed by atoms with Crippen LogP contribution in [0.4, 0.5) is 0 Å². The van der Waals surface area contributed by atoms with Crippen molar-refractivity contribution in [1.82, 2.24) is 0 Å². The van der Waals surface area contributed by atoms with Crippen LogP contribution < -0.4 is 5.48 Å². The van der Waals surface area contributed by atoms with Crippen LogP contribution in [0.3, 0.4) is 0 Å². The Morgan fingerprint density at radius 1 is 1.88 bits per heavy atom. The molecule has 0 aromatic carbocycles. The van der Waals surface area contributed by atoms with Gasteiger partial charge >= 0.3 is 5.91 Å². The lowest BCUT2D eigenvalue weighted by atomic mass is 10.1. The van der Waals surface area contributed by atoms with Crippen molar-refractivity contribution in [2.45, 2.75) is 20.3 Å². The minimum atomic E-state index is -0.299. The molecule has 0 aromatic heterocycles. The highest BCUT2D eigenvalue weighted by molar-refractivity contribution is 5.68. The van der Waals surface area contributed by atoms with E-state index in [1.807, 2.05) is 6.92 Å². The Morgan fingerprint density at radius 2 is 2.38 bits per heavy atom. The number of primary amides is 1. The number of hydrogen-bond donors (Lipinski definition) is 1. The number of nitrogens with two attached hydrogens (primary N) is 1. The highest BCUT2D eigenvalue weighted by Gasteiger charge is 2.09. The summed E-state index contributed by atoms with van der Waals surface area (Å²) >= 11 is 0. The maximum atomic E-state index is 10.4. The average Bonchev–Trinajstić information content (AvgIpc) is 1.84. The standard InChI is InChI=1S/C5H11NO2/c1-3-4(2)5(7)6-8/h4H,3,6H2,1-2H3. The lowest BCUT2D eigenvalue weighted by Gasteiger charge is -2.03. The largest absolute Gasteiger partial charge is 0.628 e. The van der Waals surface area contributed by atoms with E-state index < -0.39 is 0 Å². The molecule has 48 valence electrons. The predicted octanol–water partition coefficient (Wildman–Crippen LogP) is -0.380. The average molecular weight is 117 g/mol. The van der Waals surface area contributed by atoms with E-state index in [0.29, 0.717) is 5.48 Å². The van der Waals surface area contributed by atoms with E-state index in [1.54, 1.807) is 6.92 Å². The highest BCUT2D eigenvalue weighted by Crippen LogP contribution is 1.95. The number of quaternary nitrogens is 1. The first-order chi connectivity index (χ1) is 3.72. The van der Waals surface area contributed by atoms with E-state index in [0.717, 1.165) is 6.42 Å². The van der Waals surface area contributed by atoms with Crippen LogP contribution in [0.15, 0.2) is 0 Å². The van der Waals surface area contributed by atoms with Gasteiger partial charge in [0, 0.05) is 0 Å². The molecule has 0 heterocycles. The molecule has 0 aliphatic heterocycles. The Balaban J connectivity index is 3.46. The van der Waals surface area contributed by atoms with Crippen molar-refractivity contribution in [3.05, 3.63) is 5.21 Å². The topological polar surface area (TPSA) is 56.7 Å². The van der Waals surface area contributed by atoms with Crippen LogP contribution in [0, 0.1) is 11.1 Å². The predicted molar refractivity (Wildman–Crippen MR) is 29.8 cm³/mol. The van der Waals surface area contributed by atoms with Gasteiger partial charge in [0.05, 0.1) is 5.92 Å². The molecule has 0 rings (SSSR count). The van der Waals surface area contributed by atoms with E-state index in [2.05, 4.69) is 0 Å². The van der Waals surface area contributed by atoms with Crippen molar-refractivity contribution in [1.29, 1.82) is 0 Å². The van der Waals surface area contributed by atoms with Crippen molar-refractivity contribution < 1.29 is 10.3 Å². The minimum Gasteiger partial charge on any atom is -0.628 e. The fourth-order valence-corrected chi connectivity index (χ4v) is 0.317. The second-order valence-corrected chi connectivity index (χ2v) is 1.83. The molecule has 0 aliphatic carbocycles. The van der Waals surface area contributed by atoms with Crippen LogP contribution in [0.25, 0.3) is 0 Å². The van der Waals surface area contributed by atoms with Crippen molar-refractivity contribution in [3.8, 4) is 0 Å². The Hall–Kier alpha value is -0.410. The smallest absolute Gasteiger partial charge is 0.313 e. The summed E-state index contributed by atoms with van der Waals surface area (Å²) in [6.45, 7) is 3.63. The zero-order valence-corrected chi connectivity index (χ0v) is 5.18. The summed E-state index contributed by atoms with van der Waals surface area (Å²) in [7, 11) is 0.